The molecule has 2 aromatic carbocycles. The Kier molecular flexibility index (Phi) is 6.44. The number of alkyl halides is 3. The number of benzene rings is 2. The van der Waals surface area contributed by atoms with Crippen molar-refractivity contribution in [2.24, 2.45) is 5.41 Å². The van der Waals surface area contributed by atoms with Crippen LogP contribution in [0.15, 0.2) is 36.4 Å². The van der Waals surface area contributed by atoms with Crippen molar-refractivity contribution in [2.45, 2.75) is 83.1 Å². The van der Waals surface area contributed by atoms with E-state index in [1.165, 1.54) is 15.9 Å². The molecule has 1 amide bonds. The number of amidine groups is 1. The number of hydrogen-bond donors (Lipinski definition) is 3. The number of carbonyl (C=O) groups excluding carboxylic acids is 1. The number of amides is 1. The first-order chi connectivity index (χ1) is 18.2. The lowest BCUT2D eigenvalue weighted by Crippen LogP contribution is -2.56. The van der Waals surface area contributed by atoms with Gasteiger partial charge in [0.2, 0.25) is 0 Å². The van der Waals surface area contributed by atoms with Gasteiger partial charge in [0.05, 0.1) is 23.9 Å². The molecule has 0 unspecified atom stereocenters. The zero-order chi connectivity index (χ0) is 28.4. The molecule has 9 heteroatoms. The Balaban J connectivity index is 1.48. The predicted molar refractivity (Wildman–Crippen MR) is 146 cm³/mol. The van der Waals surface area contributed by atoms with Gasteiger partial charge in [-0.25, -0.2) is 0 Å². The Hall–Kier alpha value is -3.20. The van der Waals surface area contributed by atoms with Gasteiger partial charge in [0.15, 0.2) is 0 Å². The van der Waals surface area contributed by atoms with Gasteiger partial charge in [0.1, 0.15) is 5.84 Å². The molecule has 0 aromatic heterocycles. The molecule has 0 atom stereocenters. The molecule has 1 heterocycles. The van der Waals surface area contributed by atoms with Gasteiger partial charge in [-0.05, 0) is 85.4 Å². The lowest BCUT2D eigenvalue weighted by molar-refractivity contribution is -0.138. The fourth-order valence-electron chi connectivity index (χ4n) is 6.70. The number of likely N-dealkylation sites (N-methyl/N-ethyl adjacent to an activating group) is 1. The van der Waals surface area contributed by atoms with Gasteiger partial charge in [-0.1, -0.05) is 26.0 Å². The second-order valence-electron chi connectivity index (χ2n) is 12.6. The van der Waals surface area contributed by atoms with Crippen molar-refractivity contribution in [3.8, 4) is 0 Å². The fraction of sp³-hybridized carbons (Fsp3) is 0.500. The number of hydrogen-bond acceptors (Lipinski definition) is 4. The van der Waals surface area contributed by atoms with E-state index in [0.717, 1.165) is 31.2 Å². The Morgan fingerprint density at radius 2 is 1.85 bits per heavy atom. The van der Waals surface area contributed by atoms with Crippen LogP contribution in [-0.4, -0.2) is 35.6 Å². The summed E-state index contributed by atoms with van der Waals surface area (Å²) < 4.78 is 42.5. The molecule has 2 aliphatic carbocycles. The largest absolute Gasteiger partial charge is 0.416 e. The minimum atomic E-state index is -4.58. The van der Waals surface area contributed by atoms with Gasteiger partial charge in [-0.15, -0.1) is 0 Å². The third kappa shape index (κ3) is 4.75. The van der Waals surface area contributed by atoms with Crippen LogP contribution >= 0.6 is 0 Å². The molecule has 39 heavy (non-hydrogen) atoms. The Bertz CT molecular complexity index is 1340. The van der Waals surface area contributed by atoms with Crippen LogP contribution in [0.3, 0.4) is 0 Å². The summed E-state index contributed by atoms with van der Waals surface area (Å²) >= 11 is 0. The first-order valence-corrected chi connectivity index (χ1v) is 13.4. The summed E-state index contributed by atoms with van der Waals surface area (Å²) in [4.78, 5) is 16.5. The monoisotopic (exact) mass is 539 g/mol. The maximum absolute atomic E-state index is 14.2. The van der Waals surface area contributed by atoms with Crippen LogP contribution in [0, 0.1) is 16.2 Å². The Morgan fingerprint density at radius 1 is 1.15 bits per heavy atom. The molecular weight excluding hydrogens is 503 g/mol. The number of nitrogens with zero attached hydrogens (tertiary/aromatic N) is 2. The maximum atomic E-state index is 14.2. The van der Waals surface area contributed by atoms with E-state index in [4.69, 9.17) is 10.8 Å². The highest BCUT2D eigenvalue weighted by Gasteiger charge is 2.54. The van der Waals surface area contributed by atoms with E-state index in [1.54, 1.807) is 25.2 Å². The van der Waals surface area contributed by atoms with Gasteiger partial charge in [-0.3, -0.25) is 15.6 Å². The maximum Gasteiger partial charge on any atom is 0.416 e. The topological polar surface area (TPSA) is 83.3 Å². The number of carbonyl (C=O) groups is 1. The molecule has 0 spiro atoms. The summed E-state index contributed by atoms with van der Waals surface area (Å²) in [6, 6.07) is 10.1. The third-order valence-electron chi connectivity index (χ3n) is 8.85. The molecule has 2 fully saturated rings. The Morgan fingerprint density at radius 3 is 2.41 bits per heavy atom. The second kappa shape index (κ2) is 9.18. The van der Waals surface area contributed by atoms with Crippen molar-refractivity contribution in [3.05, 3.63) is 64.2 Å². The molecule has 3 aliphatic rings. The van der Waals surface area contributed by atoms with E-state index in [1.807, 2.05) is 12.1 Å². The van der Waals surface area contributed by atoms with Gasteiger partial charge in [0.25, 0.3) is 5.91 Å². The molecular formula is C30H36F3N5O. The molecule has 208 valence electrons. The van der Waals surface area contributed by atoms with E-state index < -0.39 is 23.1 Å². The summed E-state index contributed by atoms with van der Waals surface area (Å²) in [7, 11) is 1.67. The quantitative estimate of drug-likeness (QED) is 0.279. The van der Waals surface area contributed by atoms with E-state index in [9.17, 15) is 18.0 Å². The third-order valence-corrected chi connectivity index (χ3v) is 8.85. The van der Waals surface area contributed by atoms with Crippen molar-refractivity contribution < 1.29 is 18.0 Å². The molecule has 1 aliphatic heterocycles. The van der Waals surface area contributed by atoms with Crippen molar-refractivity contribution in [1.82, 2.24) is 10.2 Å². The van der Waals surface area contributed by atoms with Gasteiger partial charge in [0, 0.05) is 30.4 Å². The van der Waals surface area contributed by atoms with Crippen LogP contribution in [0.4, 0.5) is 18.9 Å². The smallest absolute Gasteiger partial charge is 0.324 e. The minimum absolute atomic E-state index is 0.00674. The van der Waals surface area contributed by atoms with Crippen LogP contribution in [0.1, 0.15) is 85.5 Å². The van der Waals surface area contributed by atoms with Gasteiger partial charge >= 0.3 is 6.18 Å². The molecule has 2 saturated carbocycles. The predicted octanol–water partition coefficient (Wildman–Crippen LogP) is 6.47. The number of fused-ring (bicyclic) bond motifs is 1. The summed E-state index contributed by atoms with van der Waals surface area (Å²) in [6.45, 7) is 6.45. The molecule has 0 bridgehead atoms. The summed E-state index contributed by atoms with van der Waals surface area (Å²) in [5.41, 5.74) is 0.455. The van der Waals surface area contributed by atoms with Crippen molar-refractivity contribution >= 4 is 23.8 Å². The molecule has 6 nitrogen and oxygen atoms in total. The van der Waals surface area contributed by atoms with E-state index in [-0.39, 0.29) is 35.2 Å². The van der Waals surface area contributed by atoms with Crippen LogP contribution in [0.2, 0.25) is 0 Å². The molecule has 5 rings (SSSR count). The Labute approximate surface area is 227 Å². The lowest BCUT2D eigenvalue weighted by atomic mass is 9.51. The number of anilines is 1. The molecule has 3 N–H and O–H groups in total. The van der Waals surface area contributed by atoms with E-state index >= 15 is 0 Å². The van der Waals surface area contributed by atoms with E-state index in [2.05, 4.69) is 26.1 Å². The standard InChI is InChI=1S/C30H36F3N5O/c1-27(2)16-29(17-27,26(35)37(4)18-34)20-7-5-8-21(13-20)38-15-23-22(25(38)39)11-19(12-24(23)30(31,32)33)14-36-28(3)9-6-10-28/h5,7-8,11-13,18,34-36H,6,9-10,14-17H2,1-4H3. The number of rotatable bonds is 7. The average molecular weight is 540 g/mol. The summed E-state index contributed by atoms with van der Waals surface area (Å²) in [5, 5.41) is 19.8. The van der Waals surface area contributed by atoms with Crippen LogP contribution < -0.4 is 10.2 Å². The van der Waals surface area contributed by atoms with Gasteiger partial charge in [-0.2, -0.15) is 13.2 Å². The van der Waals surface area contributed by atoms with Crippen LogP contribution in [-0.2, 0) is 24.7 Å². The van der Waals surface area contributed by atoms with Crippen molar-refractivity contribution in [3.63, 3.8) is 0 Å². The van der Waals surface area contributed by atoms with E-state index in [0.29, 0.717) is 29.9 Å². The molecule has 0 saturated heterocycles. The van der Waals surface area contributed by atoms with Crippen molar-refractivity contribution in [1.29, 1.82) is 10.8 Å². The van der Waals surface area contributed by atoms with Gasteiger partial charge < -0.3 is 15.1 Å². The molecule has 2 aromatic rings. The summed E-state index contributed by atoms with van der Waals surface area (Å²) in [5.74, 6) is -0.152. The fourth-order valence-corrected chi connectivity index (χ4v) is 6.70. The number of halogens is 3. The lowest BCUT2D eigenvalue weighted by Gasteiger charge is -2.54. The highest BCUT2D eigenvalue weighted by molar-refractivity contribution is 6.10. The normalized spacial score (nSPS) is 20.6. The van der Waals surface area contributed by atoms with Crippen molar-refractivity contribution in [2.75, 3.05) is 11.9 Å². The minimum Gasteiger partial charge on any atom is -0.324 e. The zero-order valence-electron chi connectivity index (χ0n) is 22.9. The first kappa shape index (κ1) is 27.4. The van der Waals surface area contributed by atoms with Crippen LogP contribution in [0.25, 0.3) is 0 Å². The molecule has 0 radical (unpaired) electrons. The SMILES string of the molecule is CN(C=N)C(=N)C1(c2cccc(N3Cc4c(cc(CNC5(C)CCC5)cc4C(F)(F)F)C3=O)c2)CC(C)(C)C1. The number of nitrogens with one attached hydrogen (secondary N) is 3. The summed E-state index contributed by atoms with van der Waals surface area (Å²) in [6.07, 6.45) is 0.995. The van der Waals surface area contributed by atoms with Crippen LogP contribution in [0.5, 0.6) is 0 Å². The second-order valence-corrected chi connectivity index (χ2v) is 12.6. The average Bonchev–Trinajstić information content (AvgIpc) is 3.18. The highest BCUT2D eigenvalue weighted by atomic mass is 19.4. The highest BCUT2D eigenvalue weighted by Crippen LogP contribution is 2.56. The zero-order valence-corrected chi connectivity index (χ0v) is 22.9. The first-order valence-electron chi connectivity index (χ1n) is 13.4.